The van der Waals surface area contributed by atoms with Gasteiger partial charge in [0.1, 0.15) is 0 Å². The third-order valence-corrected chi connectivity index (χ3v) is 5.27. The van der Waals surface area contributed by atoms with Gasteiger partial charge in [-0.25, -0.2) is 4.98 Å². The van der Waals surface area contributed by atoms with Crippen molar-refractivity contribution in [3.05, 3.63) is 112 Å². The lowest BCUT2D eigenvalue weighted by molar-refractivity contribution is 0.122. The highest BCUT2D eigenvalue weighted by Crippen LogP contribution is 2.14. The molecule has 7 heteroatoms. The van der Waals surface area contributed by atoms with E-state index in [0.717, 1.165) is 27.9 Å². The van der Waals surface area contributed by atoms with E-state index in [2.05, 4.69) is 20.2 Å². The van der Waals surface area contributed by atoms with Crippen LogP contribution in [0.15, 0.2) is 100.0 Å². The Labute approximate surface area is 189 Å². The summed E-state index contributed by atoms with van der Waals surface area (Å²) in [5.74, 6) is 0.357. The van der Waals surface area contributed by atoms with Gasteiger partial charge >= 0.3 is 0 Å². The molecule has 0 aliphatic heterocycles. The maximum absolute atomic E-state index is 13.2. The lowest BCUT2D eigenvalue weighted by atomic mass is 10.1. The second-order valence-corrected chi connectivity index (χ2v) is 7.53. The summed E-state index contributed by atoms with van der Waals surface area (Å²) in [7, 11) is 0. The van der Waals surface area contributed by atoms with Crippen LogP contribution < -0.4 is 5.56 Å². The summed E-state index contributed by atoms with van der Waals surface area (Å²) in [5.41, 5.74) is 3.78. The van der Waals surface area contributed by atoms with Crippen molar-refractivity contribution in [1.29, 1.82) is 0 Å². The van der Waals surface area contributed by atoms with E-state index >= 15 is 0 Å². The Bertz CT molecular complexity index is 1510. The van der Waals surface area contributed by atoms with E-state index in [4.69, 9.17) is 4.84 Å². The zero-order valence-electron chi connectivity index (χ0n) is 18.0. The minimum absolute atomic E-state index is 0.00567. The second-order valence-electron chi connectivity index (χ2n) is 7.53. The first kappa shape index (κ1) is 20.4. The van der Waals surface area contributed by atoms with Crippen LogP contribution in [0, 0.1) is 0 Å². The highest BCUT2D eigenvalue weighted by atomic mass is 16.6. The quantitative estimate of drug-likeness (QED) is 0.310. The molecule has 0 saturated heterocycles. The number of oxime groups is 1. The summed E-state index contributed by atoms with van der Waals surface area (Å²) in [6.07, 6.45) is 1.61. The van der Waals surface area contributed by atoms with E-state index in [-0.39, 0.29) is 12.2 Å². The average molecular weight is 435 g/mol. The van der Waals surface area contributed by atoms with Crippen LogP contribution in [0.3, 0.4) is 0 Å². The molecule has 0 atom stereocenters. The Kier molecular flexibility index (Phi) is 5.51. The molecule has 33 heavy (non-hydrogen) atoms. The van der Waals surface area contributed by atoms with Crippen molar-refractivity contribution in [2.24, 2.45) is 10.3 Å². The molecule has 0 fully saturated rings. The van der Waals surface area contributed by atoms with Crippen molar-refractivity contribution in [2.75, 3.05) is 0 Å². The molecular weight excluding hydrogens is 414 g/mol. The van der Waals surface area contributed by atoms with Crippen molar-refractivity contribution in [3.63, 3.8) is 0 Å². The van der Waals surface area contributed by atoms with Gasteiger partial charge in [0.2, 0.25) is 0 Å². The number of fused-ring (bicyclic) bond motifs is 2. The van der Waals surface area contributed by atoms with E-state index in [0.29, 0.717) is 16.7 Å². The topological polar surface area (TPSA) is 84.6 Å². The number of nitrogens with zero attached hydrogens (tertiary/aromatic N) is 4. The maximum atomic E-state index is 13.2. The normalized spacial score (nSPS) is 12.1. The summed E-state index contributed by atoms with van der Waals surface area (Å²) >= 11 is 0. The first-order valence-corrected chi connectivity index (χ1v) is 10.5. The van der Waals surface area contributed by atoms with Gasteiger partial charge in [-0.1, -0.05) is 65.8 Å². The van der Waals surface area contributed by atoms with Crippen molar-refractivity contribution < 1.29 is 4.84 Å². The Morgan fingerprint density at radius 1 is 1.03 bits per heavy atom. The molecule has 5 aromatic rings. The summed E-state index contributed by atoms with van der Waals surface area (Å²) in [6.45, 7) is 1.86. The van der Waals surface area contributed by atoms with Crippen LogP contribution >= 0.6 is 0 Å². The van der Waals surface area contributed by atoms with E-state index in [1.807, 2.05) is 73.7 Å². The largest absolute Gasteiger partial charge is 0.387 e. The van der Waals surface area contributed by atoms with Gasteiger partial charge < -0.3 is 9.82 Å². The summed E-state index contributed by atoms with van der Waals surface area (Å²) in [6, 6.07) is 26.8. The van der Waals surface area contributed by atoms with Gasteiger partial charge in [0.15, 0.2) is 12.4 Å². The van der Waals surface area contributed by atoms with Crippen molar-refractivity contribution in [1.82, 2.24) is 14.6 Å². The molecule has 0 amide bonds. The fourth-order valence-electron chi connectivity index (χ4n) is 3.59. The number of rotatable bonds is 6. The molecule has 0 aliphatic carbocycles. The number of aromatic amines is 1. The molecule has 2 aromatic heterocycles. The fourth-order valence-corrected chi connectivity index (χ4v) is 3.59. The van der Waals surface area contributed by atoms with Crippen molar-refractivity contribution in [3.8, 4) is 0 Å². The summed E-state index contributed by atoms with van der Waals surface area (Å²) in [5, 5.41) is 10.2. The summed E-state index contributed by atoms with van der Waals surface area (Å²) < 4.78 is 1.27. The molecule has 5 rings (SSSR count). The minimum atomic E-state index is -0.268. The maximum Gasteiger partial charge on any atom is 0.282 e. The van der Waals surface area contributed by atoms with Gasteiger partial charge in [0, 0.05) is 10.9 Å². The fraction of sp³-hybridized carbons (Fsp3) is 0.0769. The van der Waals surface area contributed by atoms with Crippen molar-refractivity contribution in [2.45, 2.75) is 13.5 Å². The smallest absolute Gasteiger partial charge is 0.282 e. The Morgan fingerprint density at radius 2 is 1.79 bits per heavy atom. The molecule has 7 nitrogen and oxygen atoms in total. The number of hydrogen-bond donors (Lipinski definition) is 1. The zero-order chi connectivity index (χ0) is 22.6. The SMILES string of the molecule is C/C(=N/OCc1nc2ccccc2c(=O)n1/N=C\c1cc2ccccc2[nH]1)c1ccccc1. The number of para-hydroxylation sites is 2. The predicted molar refractivity (Wildman–Crippen MR) is 131 cm³/mol. The Morgan fingerprint density at radius 3 is 2.64 bits per heavy atom. The molecule has 0 spiro atoms. The van der Waals surface area contributed by atoms with Crippen molar-refractivity contribution >= 4 is 33.7 Å². The van der Waals surface area contributed by atoms with E-state index in [1.54, 1.807) is 24.4 Å². The molecule has 162 valence electrons. The standard InChI is InChI=1S/C26H21N5O2/c1-18(19-9-3-2-4-10-19)30-33-17-25-29-24-14-8-6-12-22(24)26(32)31(25)27-16-21-15-20-11-5-7-13-23(20)28-21/h2-16,28H,17H2,1H3/b27-16-,30-18-. The van der Waals surface area contributed by atoms with Crippen LogP contribution in [0.25, 0.3) is 21.8 Å². The number of nitrogens with one attached hydrogen (secondary N) is 1. The van der Waals surface area contributed by atoms with Crippen LogP contribution in [0.5, 0.6) is 0 Å². The molecule has 0 radical (unpaired) electrons. The van der Waals surface area contributed by atoms with E-state index in [1.165, 1.54) is 4.68 Å². The minimum Gasteiger partial charge on any atom is -0.387 e. The number of H-pyrrole nitrogens is 1. The third kappa shape index (κ3) is 4.29. The predicted octanol–water partition coefficient (Wildman–Crippen LogP) is 4.70. The van der Waals surface area contributed by atoms with Gasteiger partial charge in [-0.05, 0) is 36.8 Å². The summed E-state index contributed by atoms with van der Waals surface area (Å²) in [4.78, 5) is 26.6. The first-order valence-electron chi connectivity index (χ1n) is 10.5. The van der Waals surface area contributed by atoms with Gasteiger partial charge in [0.25, 0.3) is 5.56 Å². The second kappa shape index (κ2) is 8.92. The molecule has 0 saturated carbocycles. The lowest BCUT2D eigenvalue weighted by Gasteiger charge is -2.08. The molecule has 0 aliphatic rings. The third-order valence-electron chi connectivity index (χ3n) is 5.27. The monoisotopic (exact) mass is 435 g/mol. The van der Waals surface area contributed by atoms with Gasteiger partial charge in [0.05, 0.1) is 28.5 Å². The molecule has 1 N–H and O–H groups in total. The van der Waals surface area contributed by atoms with Gasteiger partial charge in [-0.3, -0.25) is 4.79 Å². The molecule has 2 heterocycles. The number of aromatic nitrogens is 3. The highest BCUT2D eigenvalue weighted by Gasteiger charge is 2.11. The van der Waals surface area contributed by atoms with Gasteiger partial charge in [-0.2, -0.15) is 9.78 Å². The van der Waals surface area contributed by atoms with Crippen LogP contribution in [-0.4, -0.2) is 26.6 Å². The van der Waals surface area contributed by atoms with Crippen LogP contribution in [0.1, 0.15) is 24.0 Å². The van der Waals surface area contributed by atoms with Crippen LogP contribution in [0.2, 0.25) is 0 Å². The number of hydrogen-bond acceptors (Lipinski definition) is 5. The van der Waals surface area contributed by atoms with E-state index in [9.17, 15) is 4.79 Å². The molecule has 0 bridgehead atoms. The van der Waals surface area contributed by atoms with Crippen LogP contribution in [0.4, 0.5) is 0 Å². The zero-order valence-corrected chi connectivity index (χ0v) is 18.0. The number of benzene rings is 3. The van der Waals surface area contributed by atoms with E-state index < -0.39 is 0 Å². The Balaban J connectivity index is 1.49. The lowest BCUT2D eigenvalue weighted by Crippen LogP contribution is -2.22. The molecule has 0 unspecified atom stereocenters. The molecule has 3 aromatic carbocycles. The average Bonchev–Trinajstić information content (AvgIpc) is 3.27. The van der Waals surface area contributed by atoms with Gasteiger partial charge in [-0.15, -0.1) is 0 Å². The Hall–Kier alpha value is -4.52. The van der Waals surface area contributed by atoms with Crippen LogP contribution in [-0.2, 0) is 11.4 Å². The highest BCUT2D eigenvalue weighted by molar-refractivity contribution is 5.98. The first-order chi connectivity index (χ1) is 16.2. The molecular formula is C26H21N5O2.